The van der Waals surface area contributed by atoms with Crippen LogP contribution in [0.25, 0.3) is 0 Å². The molecule has 26 heteroatoms. The molecule has 7 aromatic carbocycles. The molecular weight excluding hydrogens is 1400 g/mol. The van der Waals surface area contributed by atoms with E-state index in [1.807, 2.05) is 77.7 Å². The zero-order valence-corrected chi connectivity index (χ0v) is 60.1. The fourth-order valence-electron chi connectivity index (χ4n) is 14.5. The van der Waals surface area contributed by atoms with Crippen molar-refractivity contribution in [3.8, 4) is 17.2 Å². The first-order chi connectivity index (χ1) is 50.7. The summed E-state index contributed by atoms with van der Waals surface area (Å²) in [4.78, 5) is 147. The first-order valence-corrected chi connectivity index (χ1v) is 36.7. The number of piperazine rings is 2. The number of benzene rings is 7. The van der Waals surface area contributed by atoms with Crippen molar-refractivity contribution >= 4 is 92.4 Å². The number of halogens is 1. The first-order valence-electron chi connectivity index (χ1n) is 35.2. The van der Waals surface area contributed by atoms with Crippen LogP contribution in [0.15, 0.2) is 163 Å². The maximum absolute atomic E-state index is 13.3. The average molecular weight is 1480 g/mol. The van der Waals surface area contributed by atoms with Crippen LogP contribution in [-0.2, 0) is 78.3 Å². The Morgan fingerprint density at radius 1 is 0.453 bits per heavy atom. The summed E-state index contributed by atoms with van der Waals surface area (Å²) in [5.74, 6) is -1.14. The lowest BCUT2D eigenvalue weighted by atomic mass is 9.92. The minimum atomic E-state index is -3.62. The summed E-state index contributed by atoms with van der Waals surface area (Å²) in [6.07, 6.45) is 1.24. The molecule has 550 valence electrons. The number of para-hydroxylation sites is 1. The molecule has 15 rings (SSSR count). The summed E-state index contributed by atoms with van der Waals surface area (Å²) in [7, 11) is -1.56. The van der Waals surface area contributed by atoms with Crippen molar-refractivity contribution in [2.24, 2.45) is 0 Å². The number of imide groups is 1. The Hall–Kier alpha value is -10.6. The van der Waals surface area contributed by atoms with Crippen LogP contribution in [-0.4, -0.2) is 184 Å². The summed E-state index contributed by atoms with van der Waals surface area (Å²) in [6.45, 7) is 6.49. The summed E-state index contributed by atoms with van der Waals surface area (Å²) in [5.41, 5.74) is 7.96. The zero-order chi connectivity index (χ0) is 73.6. The van der Waals surface area contributed by atoms with Crippen LogP contribution in [0.5, 0.6) is 17.2 Å². The molecule has 8 aliphatic rings. The molecule has 5 amide bonds. The number of aliphatic hydroxyl groups excluding tert-OH is 1. The topological polar surface area (TPSA) is 293 Å². The van der Waals surface area contributed by atoms with E-state index in [1.165, 1.54) is 10.4 Å². The van der Waals surface area contributed by atoms with Gasteiger partial charge in [-0.25, -0.2) is 8.42 Å². The van der Waals surface area contributed by atoms with Crippen molar-refractivity contribution in [1.29, 1.82) is 0 Å². The molecule has 106 heavy (non-hydrogen) atoms. The number of anilines is 1. The number of ketones is 6. The third-order valence-corrected chi connectivity index (χ3v) is 22.4. The van der Waals surface area contributed by atoms with E-state index in [-0.39, 0.29) is 139 Å². The van der Waals surface area contributed by atoms with E-state index in [0.717, 1.165) is 70.1 Å². The second kappa shape index (κ2) is 32.8. The summed E-state index contributed by atoms with van der Waals surface area (Å²) < 4.78 is 46.0. The Bertz CT molecular complexity index is 4700. The van der Waals surface area contributed by atoms with Crippen molar-refractivity contribution in [1.82, 2.24) is 28.8 Å². The molecule has 0 radical (unpaired) electrons. The van der Waals surface area contributed by atoms with Gasteiger partial charge in [0, 0.05) is 105 Å². The average Bonchev–Trinajstić information content (AvgIpc) is 1.60. The molecule has 3 saturated carbocycles. The normalized spacial score (nSPS) is 19.8. The molecule has 5 aliphatic heterocycles. The Kier molecular flexibility index (Phi) is 23.3. The number of fused-ring (bicyclic) bond motifs is 3. The Morgan fingerprint density at radius 2 is 0.887 bits per heavy atom. The van der Waals surface area contributed by atoms with Gasteiger partial charge in [0.15, 0.2) is 17.3 Å². The number of ether oxygens (including phenoxy) is 3. The van der Waals surface area contributed by atoms with Crippen LogP contribution in [0.2, 0.25) is 0 Å². The maximum Gasteiger partial charge on any atom is 0.266 e. The molecule has 24 nitrogen and oxygen atoms in total. The van der Waals surface area contributed by atoms with Crippen LogP contribution in [0, 0.1) is 0 Å². The predicted octanol–water partition coefficient (Wildman–Crippen LogP) is 8.19. The summed E-state index contributed by atoms with van der Waals surface area (Å²) in [5, 5.41) is 9.11. The Labute approximate surface area is 619 Å². The Morgan fingerprint density at radius 3 is 1.37 bits per heavy atom. The van der Waals surface area contributed by atoms with Gasteiger partial charge in [0.2, 0.25) is 10.0 Å². The number of hydrogen-bond donors (Lipinski definition) is 1. The van der Waals surface area contributed by atoms with Gasteiger partial charge in [0.05, 0.1) is 73.1 Å². The third kappa shape index (κ3) is 16.3. The van der Waals surface area contributed by atoms with E-state index in [4.69, 9.17) is 19.3 Å². The molecule has 5 heterocycles. The van der Waals surface area contributed by atoms with Crippen LogP contribution in [0.1, 0.15) is 143 Å². The van der Waals surface area contributed by atoms with Crippen molar-refractivity contribution in [2.45, 2.75) is 120 Å². The highest BCUT2D eigenvalue weighted by atomic mass is 35.5. The van der Waals surface area contributed by atoms with Crippen LogP contribution < -0.4 is 19.1 Å². The largest absolute Gasteiger partial charge is 0.489 e. The molecule has 3 unspecified atom stereocenters. The smallest absolute Gasteiger partial charge is 0.266 e. The summed E-state index contributed by atoms with van der Waals surface area (Å²) in [6, 6.07) is 44.6. The monoisotopic (exact) mass is 1480 g/mol. The molecule has 5 fully saturated rings. The van der Waals surface area contributed by atoms with E-state index in [1.54, 1.807) is 88.7 Å². The first kappa shape index (κ1) is 75.1. The lowest BCUT2D eigenvalue weighted by molar-refractivity contribution is -0.134. The molecule has 0 bridgehead atoms. The molecule has 2 saturated heterocycles. The molecule has 3 atom stereocenters. The predicted molar refractivity (Wildman–Crippen MR) is 389 cm³/mol. The van der Waals surface area contributed by atoms with Gasteiger partial charge in [0.1, 0.15) is 54.4 Å². The van der Waals surface area contributed by atoms with Crippen molar-refractivity contribution in [3.63, 3.8) is 0 Å². The standard InChI is InChI=1S/C31H31N3O6S.C27H29N3O5.C22H19NO6.ClH/c35-24-11-14-28(29(36)19-24)34-20-27-26(31(34)37)7-4-8-30(27)40-21-22-9-12-25(13-10-22)41(38,39)33-17-15-32(16-18-33)23-5-2-1-3-6-23;1-28-11-13-29(14-12-28)26(33)19-7-5-18(6-8-19)17-35-25-4-2-3-21-22(25)16-30(27(21)34)23-10-9-20(31)15-24(23)32;24-11-13-4-6-14(7-5-13)12-29-19-3-1-2-16-20(19)22(28)23(21(16)27)17-9-8-15(25)10-18(17)26;/h1-10,12-13,28H,11,14-21H2;2-8,23H,9-17H2,1H3;1-7,17,24H,8-12H2;1H. The highest BCUT2D eigenvalue weighted by Crippen LogP contribution is 2.39. The highest BCUT2D eigenvalue weighted by molar-refractivity contribution is 7.89. The van der Waals surface area contributed by atoms with Gasteiger partial charge in [-0.3, -0.25) is 57.6 Å². The number of carbonyl (C=O) groups is 11. The number of amides is 5. The summed E-state index contributed by atoms with van der Waals surface area (Å²) >= 11 is 0. The molecule has 3 aliphatic carbocycles. The molecule has 1 N–H and O–H groups in total. The Balaban J connectivity index is 0.000000151. The maximum atomic E-state index is 13.3. The quantitative estimate of drug-likeness (QED) is 0.0663. The van der Waals surface area contributed by atoms with Crippen molar-refractivity contribution in [3.05, 3.63) is 219 Å². The van der Waals surface area contributed by atoms with Gasteiger partial charge < -0.3 is 43.8 Å². The van der Waals surface area contributed by atoms with Gasteiger partial charge in [-0.2, -0.15) is 4.31 Å². The number of rotatable bonds is 17. The van der Waals surface area contributed by atoms with Gasteiger partial charge in [-0.05, 0) is 121 Å². The van der Waals surface area contributed by atoms with E-state index < -0.39 is 45.7 Å². The number of Topliss-reactive ketones (excluding diaryl/α,β-unsaturated/α-hetero) is 6. The van der Waals surface area contributed by atoms with Crippen molar-refractivity contribution in [2.75, 3.05) is 64.3 Å². The number of carbonyl (C=O) groups excluding carboxylic acids is 11. The third-order valence-electron chi connectivity index (χ3n) is 20.5. The van der Waals surface area contributed by atoms with Crippen LogP contribution >= 0.6 is 12.4 Å². The number of aliphatic hydroxyl groups is 1. The van der Waals surface area contributed by atoms with Crippen LogP contribution in [0.4, 0.5) is 5.69 Å². The van der Waals surface area contributed by atoms with E-state index in [0.29, 0.717) is 93.2 Å². The van der Waals surface area contributed by atoms with Gasteiger partial charge >= 0.3 is 0 Å². The SMILES string of the molecule is CN1CCN(C(=O)c2ccc(COc3cccc4c3CN(C3CCC(=O)CC3=O)C4=O)cc2)CC1.Cl.O=C1CCC(N2C(=O)c3cccc(OCc4ccc(CO)cc4)c3C2=O)C(=O)C1.O=C1CCC(N2Cc3c(OCc4ccc(S(=O)(=O)N5CCN(c6ccccc6)CC5)cc4)cccc3C2=O)C(=O)C1. The van der Waals surface area contributed by atoms with Crippen molar-refractivity contribution < 1.29 is 80.5 Å². The number of hydrogen-bond acceptors (Lipinski definition) is 19. The van der Waals surface area contributed by atoms with Gasteiger partial charge in [-0.15, -0.1) is 12.4 Å². The van der Waals surface area contributed by atoms with E-state index in [2.05, 4.69) is 16.8 Å². The number of nitrogens with zero attached hydrogens (tertiary/aromatic N) is 7. The number of sulfonamides is 1. The molecular formula is C80H80ClN7O17S. The fourth-order valence-corrected chi connectivity index (χ4v) is 15.9. The second-order valence-corrected chi connectivity index (χ2v) is 29.2. The minimum Gasteiger partial charge on any atom is -0.489 e. The highest BCUT2D eigenvalue weighted by Gasteiger charge is 2.47. The van der Waals surface area contributed by atoms with E-state index >= 15 is 0 Å². The van der Waals surface area contributed by atoms with Crippen LogP contribution in [0.3, 0.4) is 0 Å². The lowest BCUT2D eigenvalue weighted by Crippen LogP contribution is -2.48. The zero-order valence-electron chi connectivity index (χ0n) is 58.4. The molecule has 0 spiro atoms. The number of likely N-dealkylation sites (N-methyl/N-ethyl adjacent to an activating group) is 1. The van der Waals surface area contributed by atoms with E-state index in [9.17, 15) is 61.2 Å². The molecule has 7 aromatic rings. The second-order valence-electron chi connectivity index (χ2n) is 27.3. The van der Waals surface area contributed by atoms with Gasteiger partial charge in [-0.1, -0.05) is 84.9 Å². The molecule has 0 aromatic heterocycles. The fraction of sp³-hybridized carbons (Fsp3) is 0.338. The minimum absolute atomic E-state index is 0. The van der Waals surface area contributed by atoms with Gasteiger partial charge in [0.25, 0.3) is 29.5 Å². The lowest BCUT2D eigenvalue weighted by Gasteiger charge is -2.35.